The minimum atomic E-state index is -0.140. The van der Waals surface area contributed by atoms with Crippen molar-refractivity contribution in [1.82, 2.24) is 14.8 Å². The third-order valence-electron chi connectivity index (χ3n) is 4.59. The largest absolute Gasteiger partial charge is 0.486 e. The Kier molecular flexibility index (Phi) is 4.03. The first kappa shape index (κ1) is 15.9. The van der Waals surface area contributed by atoms with Crippen LogP contribution >= 0.6 is 0 Å². The summed E-state index contributed by atoms with van der Waals surface area (Å²) in [4.78, 5) is 14.7. The molecule has 3 heterocycles. The number of rotatable bonds is 2. The average Bonchev–Trinajstić information content (AvgIpc) is 3.08. The standard InChI is InChI=1S/C19H23N3O3/c1-13(2)20-19(23)22-9-8-21-7-3-4-15(21)18(22)14-5-6-16-17(12-14)25-11-10-24-16/h3-7,12-13,18H,8-11H2,1-2H3,(H,20,23)/t18-/m0/s1. The maximum atomic E-state index is 12.8. The molecule has 0 saturated carbocycles. The van der Waals surface area contributed by atoms with E-state index in [0.29, 0.717) is 19.8 Å². The molecular formula is C19H23N3O3. The second-order valence-electron chi connectivity index (χ2n) is 6.73. The summed E-state index contributed by atoms with van der Waals surface area (Å²) in [5, 5.41) is 3.02. The van der Waals surface area contributed by atoms with E-state index in [1.54, 1.807) is 0 Å². The van der Waals surface area contributed by atoms with E-state index in [0.717, 1.165) is 29.3 Å². The van der Waals surface area contributed by atoms with E-state index < -0.39 is 0 Å². The minimum absolute atomic E-state index is 0.0395. The van der Waals surface area contributed by atoms with Gasteiger partial charge in [-0.25, -0.2) is 4.79 Å². The van der Waals surface area contributed by atoms with Gasteiger partial charge in [-0.15, -0.1) is 0 Å². The summed E-state index contributed by atoms with van der Waals surface area (Å²) in [5.41, 5.74) is 2.14. The lowest BCUT2D eigenvalue weighted by molar-refractivity contribution is 0.163. The van der Waals surface area contributed by atoms with Crippen molar-refractivity contribution in [3.8, 4) is 11.5 Å². The first-order valence-corrected chi connectivity index (χ1v) is 8.75. The second kappa shape index (κ2) is 6.35. The molecule has 2 aliphatic rings. The molecule has 6 nitrogen and oxygen atoms in total. The Labute approximate surface area is 147 Å². The van der Waals surface area contributed by atoms with Crippen molar-refractivity contribution in [1.29, 1.82) is 0 Å². The van der Waals surface area contributed by atoms with Crippen molar-refractivity contribution in [3.05, 3.63) is 47.8 Å². The molecule has 2 aliphatic heterocycles. The number of urea groups is 1. The van der Waals surface area contributed by atoms with E-state index in [1.165, 1.54) is 0 Å². The van der Waals surface area contributed by atoms with Crippen LogP contribution in [0.4, 0.5) is 4.79 Å². The van der Waals surface area contributed by atoms with Crippen molar-refractivity contribution in [3.63, 3.8) is 0 Å². The molecule has 1 aromatic heterocycles. The lowest BCUT2D eigenvalue weighted by Gasteiger charge is -2.38. The molecule has 0 unspecified atom stereocenters. The van der Waals surface area contributed by atoms with Gasteiger partial charge >= 0.3 is 6.03 Å². The Hall–Kier alpha value is -2.63. The number of carbonyl (C=O) groups excluding carboxylic acids is 1. The third-order valence-corrected chi connectivity index (χ3v) is 4.59. The SMILES string of the molecule is CC(C)NC(=O)N1CCn2cccc2[C@@H]1c1ccc2c(c1)OCCO2. The number of hydrogen-bond donors (Lipinski definition) is 1. The van der Waals surface area contributed by atoms with E-state index in [2.05, 4.69) is 22.1 Å². The molecule has 1 N–H and O–H groups in total. The van der Waals surface area contributed by atoms with Gasteiger partial charge in [0.2, 0.25) is 0 Å². The fourth-order valence-corrected chi connectivity index (χ4v) is 3.51. The molecule has 4 rings (SSSR count). The first-order chi connectivity index (χ1) is 12.1. The number of benzene rings is 1. The van der Waals surface area contributed by atoms with Crippen molar-refractivity contribution >= 4 is 6.03 Å². The van der Waals surface area contributed by atoms with Gasteiger partial charge in [-0.05, 0) is 43.7 Å². The highest BCUT2D eigenvalue weighted by atomic mass is 16.6. The summed E-state index contributed by atoms with van der Waals surface area (Å²) in [6.07, 6.45) is 2.07. The molecule has 1 atom stereocenters. The van der Waals surface area contributed by atoms with E-state index in [-0.39, 0.29) is 18.1 Å². The van der Waals surface area contributed by atoms with Gasteiger partial charge in [-0.3, -0.25) is 0 Å². The molecule has 2 aromatic rings. The fraction of sp³-hybridized carbons (Fsp3) is 0.421. The first-order valence-electron chi connectivity index (χ1n) is 8.75. The molecule has 0 bridgehead atoms. The van der Waals surface area contributed by atoms with Gasteiger partial charge in [0.05, 0.1) is 6.04 Å². The van der Waals surface area contributed by atoms with Gasteiger partial charge in [0.25, 0.3) is 0 Å². The van der Waals surface area contributed by atoms with Gasteiger partial charge in [0.15, 0.2) is 11.5 Å². The van der Waals surface area contributed by atoms with Gasteiger partial charge < -0.3 is 24.3 Å². The van der Waals surface area contributed by atoms with Crippen LogP contribution in [-0.2, 0) is 6.54 Å². The van der Waals surface area contributed by atoms with Gasteiger partial charge in [0.1, 0.15) is 13.2 Å². The number of hydrogen-bond acceptors (Lipinski definition) is 3. The zero-order chi connectivity index (χ0) is 17.4. The molecule has 132 valence electrons. The highest BCUT2D eigenvalue weighted by molar-refractivity contribution is 5.76. The predicted molar refractivity (Wildman–Crippen MR) is 94.1 cm³/mol. The van der Waals surface area contributed by atoms with E-state index in [9.17, 15) is 4.79 Å². The molecule has 6 heteroatoms. The van der Waals surface area contributed by atoms with E-state index in [4.69, 9.17) is 9.47 Å². The summed E-state index contributed by atoms with van der Waals surface area (Å²) in [6.45, 7) is 6.54. The van der Waals surface area contributed by atoms with Gasteiger partial charge in [-0.1, -0.05) is 6.07 Å². The molecule has 0 spiro atoms. The van der Waals surface area contributed by atoms with E-state index >= 15 is 0 Å². The number of ether oxygens (including phenoxy) is 2. The van der Waals surface area contributed by atoms with Crippen LogP contribution in [0.2, 0.25) is 0 Å². The lowest BCUT2D eigenvalue weighted by atomic mass is 9.99. The van der Waals surface area contributed by atoms with E-state index in [1.807, 2.05) is 43.0 Å². The van der Waals surface area contributed by atoms with Crippen LogP contribution in [0, 0.1) is 0 Å². The normalized spacial score (nSPS) is 18.8. The van der Waals surface area contributed by atoms with Crippen LogP contribution in [0.5, 0.6) is 11.5 Å². The summed E-state index contributed by atoms with van der Waals surface area (Å²) in [5.74, 6) is 1.51. The molecule has 2 amide bonds. The summed E-state index contributed by atoms with van der Waals surface area (Å²) < 4.78 is 13.6. The van der Waals surface area contributed by atoms with Crippen LogP contribution in [-0.4, -0.2) is 41.3 Å². The zero-order valence-electron chi connectivity index (χ0n) is 14.6. The van der Waals surface area contributed by atoms with Crippen LogP contribution in [0.3, 0.4) is 0 Å². The summed E-state index contributed by atoms with van der Waals surface area (Å²) in [7, 11) is 0. The molecule has 25 heavy (non-hydrogen) atoms. The van der Waals surface area contributed by atoms with Gasteiger partial charge in [-0.2, -0.15) is 0 Å². The fourth-order valence-electron chi connectivity index (χ4n) is 3.51. The van der Waals surface area contributed by atoms with Crippen molar-refractivity contribution in [2.75, 3.05) is 19.8 Å². The van der Waals surface area contributed by atoms with Crippen molar-refractivity contribution < 1.29 is 14.3 Å². The maximum absolute atomic E-state index is 12.8. The number of aromatic nitrogens is 1. The Morgan fingerprint density at radius 2 is 1.96 bits per heavy atom. The Morgan fingerprint density at radius 1 is 1.16 bits per heavy atom. The number of nitrogens with one attached hydrogen (secondary N) is 1. The molecule has 0 radical (unpaired) electrons. The number of amides is 2. The van der Waals surface area contributed by atoms with Crippen LogP contribution in [0.15, 0.2) is 36.5 Å². The zero-order valence-corrected chi connectivity index (χ0v) is 14.6. The average molecular weight is 341 g/mol. The predicted octanol–water partition coefficient (Wildman–Crippen LogP) is 2.78. The highest BCUT2D eigenvalue weighted by Gasteiger charge is 2.33. The topological polar surface area (TPSA) is 55.7 Å². The number of carbonyl (C=O) groups is 1. The summed E-state index contributed by atoms with van der Waals surface area (Å²) in [6, 6.07) is 9.99. The summed E-state index contributed by atoms with van der Waals surface area (Å²) >= 11 is 0. The number of fused-ring (bicyclic) bond motifs is 2. The second-order valence-corrected chi connectivity index (χ2v) is 6.73. The molecule has 1 aromatic carbocycles. The van der Waals surface area contributed by atoms with Crippen molar-refractivity contribution in [2.45, 2.75) is 32.5 Å². The Bertz CT molecular complexity index is 784. The van der Waals surface area contributed by atoms with Crippen LogP contribution in [0.25, 0.3) is 0 Å². The smallest absolute Gasteiger partial charge is 0.318 e. The maximum Gasteiger partial charge on any atom is 0.318 e. The lowest BCUT2D eigenvalue weighted by Crippen LogP contribution is -2.48. The monoisotopic (exact) mass is 341 g/mol. The van der Waals surface area contributed by atoms with Crippen LogP contribution < -0.4 is 14.8 Å². The molecular weight excluding hydrogens is 318 g/mol. The van der Waals surface area contributed by atoms with Crippen LogP contribution in [0.1, 0.15) is 31.1 Å². The number of nitrogens with zero attached hydrogens (tertiary/aromatic N) is 2. The van der Waals surface area contributed by atoms with Gasteiger partial charge in [0, 0.05) is 31.0 Å². The molecule has 0 aliphatic carbocycles. The third kappa shape index (κ3) is 2.92. The Morgan fingerprint density at radius 3 is 2.76 bits per heavy atom. The minimum Gasteiger partial charge on any atom is -0.486 e. The van der Waals surface area contributed by atoms with Crippen molar-refractivity contribution in [2.24, 2.45) is 0 Å². The highest BCUT2D eigenvalue weighted by Crippen LogP contribution is 2.38. The quantitative estimate of drug-likeness (QED) is 0.914. The Balaban J connectivity index is 1.73. The molecule has 0 fully saturated rings. The molecule has 0 saturated heterocycles.